The lowest BCUT2D eigenvalue weighted by Gasteiger charge is -2.40. The number of ketones is 2. The Morgan fingerprint density at radius 2 is 1.65 bits per heavy atom. The molecule has 1 unspecified atom stereocenters. The summed E-state index contributed by atoms with van der Waals surface area (Å²) in [6.45, 7) is -0.989. The van der Waals surface area contributed by atoms with Gasteiger partial charge in [-0.25, -0.2) is 14.9 Å². The summed E-state index contributed by atoms with van der Waals surface area (Å²) in [6.07, 6.45) is -8.20. The highest BCUT2D eigenvalue weighted by atomic mass is 16.7. The van der Waals surface area contributed by atoms with Crippen LogP contribution in [0.15, 0.2) is 69.6 Å². The number of aliphatic hydroxyl groups is 5. The molecule has 1 aliphatic carbocycles. The van der Waals surface area contributed by atoms with E-state index in [1.165, 1.54) is 18.2 Å². The molecule has 7 atom stereocenters. The van der Waals surface area contributed by atoms with Gasteiger partial charge in [-0.3, -0.25) is 15.0 Å². The molecule has 8 N–H and O–H groups in total. The molecule has 0 radical (unpaired) electrons. The number of para-hydroxylation sites is 1. The fraction of sp³-hybridized carbons (Fsp3) is 0.314. The normalized spacial score (nSPS) is 26.1. The molecule has 3 aromatic carbocycles. The van der Waals surface area contributed by atoms with Crippen LogP contribution in [0, 0.1) is 5.41 Å². The van der Waals surface area contributed by atoms with Gasteiger partial charge in [0.2, 0.25) is 12.2 Å². The molecule has 0 bridgehead atoms. The molecular weight excluding hydrogens is 666 g/mol. The SMILES string of the molecule is N=C1N=C([O-])C2=NC[NH+](c3ccccc3[C@H](CCCO)c3cc4c(c(O)c3O[C@@H]3O[C@@H](CO)[C@H](O)[C@@H](O)[C@@H]3O)C(=O)c3ccccc3C4=O)C2=N1. The van der Waals surface area contributed by atoms with Gasteiger partial charge in [0, 0.05) is 46.2 Å². The Kier molecular flexibility index (Phi) is 9.07. The van der Waals surface area contributed by atoms with Crippen molar-refractivity contribution in [2.75, 3.05) is 19.9 Å². The number of carbonyl (C=O) groups excluding carboxylic acids is 2. The molecule has 3 aliphatic heterocycles. The van der Waals surface area contributed by atoms with Gasteiger partial charge in [-0.1, -0.05) is 42.5 Å². The zero-order chi connectivity index (χ0) is 36.1. The maximum Gasteiger partial charge on any atom is 0.262 e. The molecule has 16 heteroatoms. The van der Waals surface area contributed by atoms with Gasteiger partial charge in [-0.05, 0) is 25.0 Å². The molecule has 4 aliphatic rings. The summed E-state index contributed by atoms with van der Waals surface area (Å²) in [6, 6.07) is 14.5. The Balaban J connectivity index is 1.42. The molecule has 3 aromatic rings. The number of phenolic OH excluding ortho intramolecular Hbond substituents is 1. The molecule has 51 heavy (non-hydrogen) atoms. The van der Waals surface area contributed by atoms with Crippen LogP contribution in [0.2, 0.25) is 0 Å². The van der Waals surface area contributed by atoms with Crippen molar-refractivity contribution < 1.29 is 59.7 Å². The molecule has 7 rings (SSSR count). The molecule has 0 aromatic heterocycles. The Labute approximate surface area is 289 Å². The zero-order valence-electron chi connectivity index (χ0n) is 26.8. The highest BCUT2D eigenvalue weighted by Gasteiger charge is 2.46. The van der Waals surface area contributed by atoms with E-state index in [4.69, 9.17) is 14.9 Å². The standard InChI is InChI=1S/C35H33N5O11/c36-35-38-32-24(33(49)39-35)37-14-40(32)21-10-4-3-6-16(21)15(9-5-11-41)19-12-20-23(26(44)18-8-2-1-7-17(18)25(20)43)28(46)31(19)51-34-30(48)29(47)27(45)22(13-42)50-34/h1-4,6-8,10,12,15,22,27,29-30,34,41-42,45-48H,5,9,11,13-14H2,(H2,36,39,49)/t15-,22-,27-,29+,30-,34-/m0/s1. The first-order chi connectivity index (χ1) is 24.5. The van der Waals surface area contributed by atoms with E-state index in [-0.39, 0.29) is 65.5 Å². The van der Waals surface area contributed by atoms with Crippen LogP contribution < -0.4 is 14.7 Å². The third-order valence-electron chi connectivity index (χ3n) is 9.47. The predicted molar refractivity (Wildman–Crippen MR) is 176 cm³/mol. The summed E-state index contributed by atoms with van der Waals surface area (Å²) in [5, 5.41) is 84.1. The van der Waals surface area contributed by atoms with Crippen LogP contribution in [0.1, 0.15) is 61.7 Å². The van der Waals surface area contributed by atoms with Gasteiger partial charge in [-0.15, -0.1) is 0 Å². The zero-order valence-corrected chi connectivity index (χ0v) is 26.8. The van der Waals surface area contributed by atoms with Crippen LogP contribution >= 0.6 is 0 Å². The smallest absolute Gasteiger partial charge is 0.262 e. The first-order valence-electron chi connectivity index (χ1n) is 16.2. The van der Waals surface area contributed by atoms with E-state index in [9.17, 15) is 45.3 Å². The van der Waals surface area contributed by atoms with E-state index < -0.39 is 78.2 Å². The number of fused-ring (bicyclic) bond motifs is 3. The monoisotopic (exact) mass is 699 g/mol. The summed E-state index contributed by atoms with van der Waals surface area (Å²) in [5.41, 5.74) is 0.907. The summed E-state index contributed by atoms with van der Waals surface area (Å²) in [5.74, 6) is -4.21. The quantitative estimate of drug-likeness (QED) is 0.0975. The maximum atomic E-state index is 13.9. The van der Waals surface area contributed by atoms with Crippen molar-refractivity contribution in [1.29, 1.82) is 5.41 Å². The lowest BCUT2D eigenvalue weighted by atomic mass is 9.78. The topological polar surface area (TPSA) is 262 Å². The molecule has 0 spiro atoms. The number of nitrogens with zero attached hydrogens (tertiary/aromatic N) is 3. The summed E-state index contributed by atoms with van der Waals surface area (Å²) >= 11 is 0. The van der Waals surface area contributed by atoms with E-state index in [0.717, 1.165) is 0 Å². The number of ether oxygens (including phenoxy) is 2. The predicted octanol–water partition coefficient (Wildman–Crippen LogP) is -1.72. The Hall–Kier alpha value is -5.20. The number of aromatic hydroxyl groups is 1. The van der Waals surface area contributed by atoms with Crippen LogP contribution in [-0.2, 0) is 4.74 Å². The second-order valence-corrected chi connectivity index (χ2v) is 12.4. The number of nitrogens with one attached hydrogen (secondary N) is 2. The number of aliphatic hydroxyl groups excluding tert-OH is 5. The van der Waals surface area contributed by atoms with Crippen LogP contribution in [-0.4, -0.2) is 116 Å². The van der Waals surface area contributed by atoms with Crippen molar-refractivity contribution in [3.63, 3.8) is 0 Å². The highest BCUT2D eigenvalue weighted by molar-refractivity contribution is 6.66. The van der Waals surface area contributed by atoms with E-state index in [1.807, 2.05) is 0 Å². The number of hydrogen-bond donors (Lipinski definition) is 8. The van der Waals surface area contributed by atoms with Crippen molar-refractivity contribution in [2.24, 2.45) is 15.0 Å². The summed E-state index contributed by atoms with van der Waals surface area (Å²) < 4.78 is 11.7. The third-order valence-corrected chi connectivity index (χ3v) is 9.47. The van der Waals surface area contributed by atoms with E-state index in [0.29, 0.717) is 16.2 Å². The summed E-state index contributed by atoms with van der Waals surface area (Å²) in [4.78, 5) is 40.4. The number of hydrogen-bond acceptors (Lipinski definition) is 13. The fourth-order valence-electron chi connectivity index (χ4n) is 6.98. The number of rotatable bonds is 9. The molecule has 0 saturated carbocycles. The minimum Gasteiger partial charge on any atom is -0.857 e. The number of amidine groups is 1. The second-order valence-electron chi connectivity index (χ2n) is 12.4. The minimum atomic E-state index is -1.89. The van der Waals surface area contributed by atoms with E-state index in [2.05, 4.69) is 15.0 Å². The number of carbonyl (C=O) groups is 2. The molecular formula is C35H33N5O11. The highest BCUT2D eigenvalue weighted by Crippen LogP contribution is 2.48. The van der Waals surface area contributed by atoms with E-state index >= 15 is 0 Å². The molecule has 1 fully saturated rings. The van der Waals surface area contributed by atoms with Gasteiger partial charge in [0.25, 0.3) is 5.84 Å². The third kappa shape index (κ3) is 5.72. The van der Waals surface area contributed by atoms with Crippen LogP contribution in [0.5, 0.6) is 11.5 Å². The summed E-state index contributed by atoms with van der Waals surface area (Å²) in [7, 11) is 0. The van der Waals surface area contributed by atoms with Gasteiger partial charge >= 0.3 is 0 Å². The average Bonchev–Trinajstić information content (AvgIpc) is 3.56. The second kappa shape index (κ2) is 13.5. The van der Waals surface area contributed by atoms with Crippen molar-refractivity contribution in [2.45, 2.75) is 49.5 Å². The number of benzene rings is 3. The largest absolute Gasteiger partial charge is 0.857 e. The van der Waals surface area contributed by atoms with Gasteiger partial charge < -0.3 is 45.2 Å². The minimum absolute atomic E-state index is 0.00329. The molecule has 1 saturated heterocycles. The number of guanidine groups is 1. The molecule has 0 amide bonds. The van der Waals surface area contributed by atoms with Crippen LogP contribution in [0.25, 0.3) is 0 Å². The average molecular weight is 700 g/mol. The van der Waals surface area contributed by atoms with Gasteiger partial charge in [0.15, 0.2) is 35.4 Å². The van der Waals surface area contributed by atoms with Gasteiger partial charge in [0.05, 0.1) is 12.2 Å². The van der Waals surface area contributed by atoms with Gasteiger partial charge in [0.1, 0.15) is 30.1 Å². The first kappa shape index (κ1) is 34.3. The number of quaternary nitrogens is 1. The number of phenols is 1. The first-order valence-corrected chi connectivity index (χ1v) is 16.2. The maximum absolute atomic E-state index is 13.9. The van der Waals surface area contributed by atoms with Crippen LogP contribution in [0.3, 0.4) is 0 Å². The Morgan fingerprint density at radius 1 is 0.941 bits per heavy atom. The molecule has 264 valence electrons. The lowest BCUT2D eigenvalue weighted by molar-refractivity contribution is -0.723. The fourth-order valence-corrected chi connectivity index (χ4v) is 6.98. The van der Waals surface area contributed by atoms with E-state index in [1.54, 1.807) is 36.4 Å². The van der Waals surface area contributed by atoms with Crippen molar-refractivity contribution >= 4 is 40.7 Å². The molecule has 3 heterocycles. The van der Waals surface area contributed by atoms with Crippen molar-refractivity contribution in [3.8, 4) is 11.5 Å². The Morgan fingerprint density at radius 3 is 2.37 bits per heavy atom. The number of aliphatic imine (C=N–C) groups is 3. The Bertz CT molecular complexity index is 2040. The molecule has 16 nitrogen and oxygen atoms in total. The van der Waals surface area contributed by atoms with Crippen molar-refractivity contribution in [3.05, 3.63) is 88.0 Å². The van der Waals surface area contributed by atoms with Gasteiger partial charge in [-0.2, -0.15) is 4.99 Å². The van der Waals surface area contributed by atoms with Crippen LogP contribution in [0.4, 0.5) is 5.69 Å². The van der Waals surface area contributed by atoms with Crippen molar-refractivity contribution in [1.82, 2.24) is 0 Å². The lowest BCUT2D eigenvalue weighted by Crippen LogP contribution is -3.09.